The predicted octanol–water partition coefficient (Wildman–Crippen LogP) is 1.22. The van der Waals surface area contributed by atoms with Crippen molar-refractivity contribution in [2.45, 2.75) is 12.3 Å². The molecule has 0 bridgehead atoms. The number of nitrogens with zero attached hydrogens (tertiary/aromatic N) is 1. The van der Waals surface area contributed by atoms with Gasteiger partial charge in [-0.2, -0.15) is 0 Å². The smallest absolute Gasteiger partial charge is 0.00933 e. The van der Waals surface area contributed by atoms with E-state index in [1.54, 1.807) is 0 Å². The maximum Gasteiger partial charge on any atom is 0.00933 e. The molecule has 2 heteroatoms. The van der Waals surface area contributed by atoms with Gasteiger partial charge in [0, 0.05) is 19.0 Å². The predicted molar refractivity (Wildman–Crippen MR) is 59.4 cm³/mol. The maximum absolute atomic E-state index is 5.51. The van der Waals surface area contributed by atoms with E-state index in [1.807, 2.05) is 0 Å². The van der Waals surface area contributed by atoms with Crippen molar-refractivity contribution in [1.29, 1.82) is 0 Å². The van der Waals surface area contributed by atoms with Gasteiger partial charge in [-0.3, -0.25) is 0 Å². The lowest BCUT2D eigenvalue weighted by atomic mass is 9.91. The molecule has 2 rings (SSSR count). The van der Waals surface area contributed by atoms with Crippen molar-refractivity contribution in [3.05, 3.63) is 35.4 Å². The first-order chi connectivity index (χ1) is 6.79. The van der Waals surface area contributed by atoms with Crippen LogP contribution in [0.2, 0.25) is 0 Å². The fourth-order valence-electron chi connectivity index (χ4n) is 2.03. The van der Waals surface area contributed by atoms with Crippen LogP contribution < -0.4 is 5.73 Å². The molecule has 1 aliphatic rings. The van der Waals surface area contributed by atoms with Crippen LogP contribution in [0, 0.1) is 0 Å². The molecule has 1 fully saturated rings. The van der Waals surface area contributed by atoms with E-state index in [0.29, 0.717) is 0 Å². The topological polar surface area (TPSA) is 29.3 Å². The highest BCUT2D eigenvalue weighted by molar-refractivity contribution is 5.27. The van der Waals surface area contributed by atoms with Crippen molar-refractivity contribution >= 4 is 0 Å². The van der Waals surface area contributed by atoms with Crippen molar-refractivity contribution in [3.63, 3.8) is 0 Å². The van der Waals surface area contributed by atoms with Gasteiger partial charge in [0.2, 0.25) is 0 Å². The molecule has 0 saturated carbocycles. The molecule has 76 valence electrons. The zero-order valence-electron chi connectivity index (χ0n) is 8.74. The van der Waals surface area contributed by atoms with E-state index in [1.165, 1.54) is 24.2 Å². The minimum Gasteiger partial charge on any atom is -0.330 e. The Hall–Kier alpha value is -0.860. The van der Waals surface area contributed by atoms with E-state index in [2.05, 4.69) is 36.2 Å². The van der Waals surface area contributed by atoms with E-state index < -0.39 is 0 Å². The molecule has 1 saturated heterocycles. The van der Waals surface area contributed by atoms with Crippen LogP contribution in [-0.4, -0.2) is 31.6 Å². The number of nitrogens with two attached hydrogens (primary N) is 1. The SMILES string of the molecule is CN1CC(c2ccc(CCN)cc2)C1. The van der Waals surface area contributed by atoms with E-state index in [4.69, 9.17) is 5.73 Å². The van der Waals surface area contributed by atoms with Gasteiger partial charge >= 0.3 is 0 Å². The van der Waals surface area contributed by atoms with Gasteiger partial charge in [0.25, 0.3) is 0 Å². The lowest BCUT2D eigenvalue weighted by Crippen LogP contribution is -2.41. The Bertz CT molecular complexity index is 286. The van der Waals surface area contributed by atoms with Crippen LogP contribution in [-0.2, 0) is 6.42 Å². The fourth-order valence-corrected chi connectivity index (χ4v) is 2.03. The normalized spacial score (nSPS) is 18.1. The second kappa shape index (κ2) is 4.11. The monoisotopic (exact) mass is 190 g/mol. The molecule has 0 aliphatic carbocycles. The van der Waals surface area contributed by atoms with Crippen molar-refractivity contribution in [2.24, 2.45) is 5.73 Å². The van der Waals surface area contributed by atoms with E-state index in [9.17, 15) is 0 Å². The lowest BCUT2D eigenvalue weighted by molar-refractivity contribution is 0.190. The van der Waals surface area contributed by atoms with Gasteiger partial charge in [0.1, 0.15) is 0 Å². The van der Waals surface area contributed by atoms with Crippen molar-refractivity contribution in [3.8, 4) is 0 Å². The summed E-state index contributed by atoms with van der Waals surface area (Å²) in [6.45, 7) is 3.15. The number of benzene rings is 1. The van der Waals surface area contributed by atoms with Gasteiger partial charge in [0.15, 0.2) is 0 Å². The molecule has 0 unspecified atom stereocenters. The van der Waals surface area contributed by atoms with Gasteiger partial charge in [0.05, 0.1) is 0 Å². The van der Waals surface area contributed by atoms with Gasteiger partial charge < -0.3 is 10.6 Å². The molecule has 14 heavy (non-hydrogen) atoms. The van der Waals surface area contributed by atoms with Gasteiger partial charge in [-0.25, -0.2) is 0 Å². The summed E-state index contributed by atoms with van der Waals surface area (Å²) in [5, 5.41) is 0. The van der Waals surface area contributed by atoms with Crippen LogP contribution in [0.25, 0.3) is 0 Å². The molecule has 1 heterocycles. The zero-order chi connectivity index (χ0) is 9.97. The number of hydrogen-bond donors (Lipinski definition) is 1. The highest BCUT2D eigenvalue weighted by atomic mass is 15.2. The Balaban J connectivity index is 1.99. The second-order valence-corrected chi connectivity index (χ2v) is 4.20. The average molecular weight is 190 g/mol. The minimum atomic E-state index is 0.742. The Kier molecular flexibility index (Phi) is 2.85. The summed E-state index contributed by atoms with van der Waals surface area (Å²) in [5.41, 5.74) is 8.33. The highest BCUT2D eigenvalue weighted by Crippen LogP contribution is 2.25. The summed E-state index contributed by atoms with van der Waals surface area (Å²) in [6, 6.07) is 8.92. The zero-order valence-corrected chi connectivity index (χ0v) is 8.74. The van der Waals surface area contributed by atoms with Crippen molar-refractivity contribution in [1.82, 2.24) is 4.90 Å². The molecule has 0 radical (unpaired) electrons. The van der Waals surface area contributed by atoms with E-state index >= 15 is 0 Å². The molecule has 1 aromatic carbocycles. The molecular formula is C12H18N2. The number of likely N-dealkylation sites (tertiary alicyclic amines) is 1. The van der Waals surface area contributed by atoms with Crippen molar-refractivity contribution in [2.75, 3.05) is 26.7 Å². The van der Waals surface area contributed by atoms with Gasteiger partial charge in [-0.15, -0.1) is 0 Å². The quantitative estimate of drug-likeness (QED) is 0.776. The molecule has 0 aromatic heterocycles. The summed E-state index contributed by atoms with van der Waals surface area (Å²) in [4.78, 5) is 2.35. The minimum absolute atomic E-state index is 0.742. The average Bonchev–Trinajstić information content (AvgIpc) is 2.15. The first-order valence-corrected chi connectivity index (χ1v) is 5.27. The molecule has 1 aromatic rings. The Morgan fingerprint density at radius 3 is 2.43 bits per heavy atom. The third kappa shape index (κ3) is 1.97. The fraction of sp³-hybridized carbons (Fsp3) is 0.500. The summed E-state index contributed by atoms with van der Waals surface area (Å²) in [6.07, 6.45) is 0.991. The molecule has 1 aliphatic heterocycles. The van der Waals surface area contributed by atoms with Crippen LogP contribution in [0.3, 0.4) is 0 Å². The molecule has 2 nitrogen and oxygen atoms in total. The number of rotatable bonds is 3. The molecule has 0 amide bonds. The van der Waals surface area contributed by atoms with Crippen LogP contribution in [0.15, 0.2) is 24.3 Å². The summed E-state index contributed by atoms with van der Waals surface area (Å²) in [7, 11) is 2.17. The standard InChI is InChI=1S/C12H18N2/c1-14-8-12(9-14)11-4-2-10(3-5-11)6-7-13/h2-5,12H,6-9,13H2,1H3. The van der Waals surface area contributed by atoms with Crippen LogP contribution in [0.4, 0.5) is 0 Å². The van der Waals surface area contributed by atoms with Gasteiger partial charge in [-0.05, 0) is 31.1 Å². The first-order valence-electron chi connectivity index (χ1n) is 5.27. The highest BCUT2D eigenvalue weighted by Gasteiger charge is 2.24. The number of hydrogen-bond acceptors (Lipinski definition) is 2. The molecule has 0 spiro atoms. The second-order valence-electron chi connectivity index (χ2n) is 4.20. The Morgan fingerprint density at radius 1 is 1.29 bits per heavy atom. The number of likely N-dealkylation sites (N-methyl/N-ethyl adjacent to an activating group) is 1. The molecular weight excluding hydrogens is 172 g/mol. The lowest BCUT2D eigenvalue weighted by Gasteiger charge is -2.36. The van der Waals surface area contributed by atoms with Gasteiger partial charge in [-0.1, -0.05) is 24.3 Å². The third-order valence-corrected chi connectivity index (χ3v) is 2.95. The summed E-state index contributed by atoms with van der Waals surface area (Å²) < 4.78 is 0. The largest absolute Gasteiger partial charge is 0.330 e. The van der Waals surface area contributed by atoms with E-state index in [0.717, 1.165) is 18.9 Å². The van der Waals surface area contributed by atoms with Crippen molar-refractivity contribution < 1.29 is 0 Å². The third-order valence-electron chi connectivity index (χ3n) is 2.95. The van der Waals surface area contributed by atoms with Crippen LogP contribution in [0.1, 0.15) is 17.0 Å². The Morgan fingerprint density at radius 2 is 1.93 bits per heavy atom. The first kappa shape index (κ1) is 9.69. The summed E-state index contributed by atoms with van der Waals surface area (Å²) in [5.74, 6) is 0.756. The maximum atomic E-state index is 5.51. The van der Waals surface area contributed by atoms with Crippen LogP contribution in [0.5, 0.6) is 0 Å². The molecule has 0 atom stereocenters. The Labute approximate surface area is 85.7 Å². The molecule has 2 N–H and O–H groups in total. The summed E-state index contributed by atoms with van der Waals surface area (Å²) >= 11 is 0. The van der Waals surface area contributed by atoms with E-state index in [-0.39, 0.29) is 0 Å². The van der Waals surface area contributed by atoms with Crippen LogP contribution >= 0.6 is 0 Å².